The molecule has 0 amide bonds. The quantitative estimate of drug-likeness (QED) is 0.603. The summed E-state index contributed by atoms with van der Waals surface area (Å²) in [6.45, 7) is 1.23. The molecule has 0 atom stereocenters. The highest BCUT2D eigenvalue weighted by molar-refractivity contribution is 8.00. The molecule has 0 bridgehead atoms. The monoisotopic (exact) mass is 284 g/mol. The van der Waals surface area contributed by atoms with E-state index in [9.17, 15) is 26.7 Å². The molecule has 0 aliphatic heterocycles. The molecule has 0 saturated heterocycles. The molecular weight excluding hydrogens is 275 g/mol. The number of Topliss-reactive ketones (excluding diaryl/α,β-unsaturated/α-hetero) is 1. The van der Waals surface area contributed by atoms with Crippen molar-refractivity contribution < 1.29 is 26.7 Å². The molecule has 1 nitrogen and oxygen atoms in total. The molecule has 0 spiro atoms. The van der Waals surface area contributed by atoms with Crippen LogP contribution in [-0.2, 0) is 11.2 Å². The van der Waals surface area contributed by atoms with Gasteiger partial charge in [-0.3, -0.25) is 4.79 Å². The molecule has 1 aromatic rings. The Morgan fingerprint density at radius 1 is 1.33 bits per heavy atom. The molecule has 0 aromatic heterocycles. The summed E-state index contributed by atoms with van der Waals surface area (Å²) in [6.07, 6.45) is -3.12. The van der Waals surface area contributed by atoms with E-state index in [1.54, 1.807) is 0 Å². The topological polar surface area (TPSA) is 17.1 Å². The standard InChI is InChI=1S/C11H9F5OS/c1-6(17)4-7-2-3-8(18-11(14,15)16)5-9(7)10(12)13/h2-3,5,10H,4H2,1H3. The maximum Gasteiger partial charge on any atom is 0.446 e. The maximum absolute atomic E-state index is 12.7. The summed E-state index contributed by atoms with van der Waals surface area (Å²) in [6, 6.07) is 3.00. The second kappa shape index (κ2) is 5.69. The molecular formula is C11H9F5OS. The van der Waals surface area contributed by atoms with Gasteiger partial charge in [-0.2, -0.15) is 13.2 Å². The molecule has 0 saturated carbocycles. The molecule has 7 heteroatoms. The van der Waals surface area contributed by atoms with E-state index in [1.807, 2.05) is 0 Å². The molecule has 0 heterocycles. The molecule has 100 valence electrons. The first-order valence-corrected chi connectivity index (χ1v) is 5.67. The van der Waals surface area contributed by atoms with Gasteiger partial charge in [0.15, 0.2) is 0 Å². The number of halogens is 5. The first-order chi connectivity index (χ1) is 8.19. The smallest absolute Gasteiger partial charge is 0.300 e. The van der Waals surface area contributed by atoms with Crippen LogP contribution >= 0.6 is 11.8 Å². The fraction of sp³-hybridized carbons (Fsp3) is 0.364. The lowest BCUT2D eigenvalue weighted by molar-refractivity contribution is -0.116. The number of carbonyl (C=O) groups excluding carboxylic acids is 1. The van der Waals surface area contributed by atoms with Crippen LogP contribution in [0.3, 0.4) is 0 Å². The third-order valence-corrected chi connectivity index (χ3v) is 2.75. The molecule has 1 rings (SSSR count). The zero-order valence-corrected chi connectivity index (χ0v) is 10.0. The molecule has 0 aliphatic carbocycles. The Morgan fingerprint density at radius 2 is 1.94 bits per heavy atom. The van der Waals surface area contributed by atoms with Gasteiger partial charge in [-0.05, 0) is 36.4 Å². The van der Waals surface area contributed by atoms with Gasteiger partial charge in [-0.15, -0.1) is 0 Å². The minimum atomic E-state index is -4.53. The number of hydrogen-bond acceptors (Lipinski definition) is 2. The first-order valence-electron chi connectivity index (χ1n) is 4.85. The summed E-state index contributed by atoms with van der Waals surface area (Å²) < 4.78 is 61.7. The van der Waals surface area contributed by atoms with Gasteiger partial charge in [0.1, 0.15) is 5.78 Å². The molecule has 1 aromatic carbocycles. The van der Waals surface area contributed by atoms with Crippen molar-refractivity contribution in [1.82, 2.24) is 0 Å². The summed E-state index contributed by atoms with van der Waals surface area (Å²) in [5.41, 5.74) is -5.00. The van der Waals surface area contributed by atoms with Crippen LogP contribution < -0.4 is 0 Å². The Balaban J connectivity index is 3.07. The van der Waals surface area contributed by atoms with Crippen LogP contribution in [0.2, 0.25) is 0 Å². The SMILES string of the molecule is CC(=O)Cc1ccc(SC(F)(F)F)cc1C(F)F. The van der Waals surface area contributed by atoms with Crippen molar-refractivity contribution in [2.75, 3.05) is 0 Å². The van der Waals surface area contributed by atoms with E-state index in [2.05, 4.69) is 0 Å². The number of alkyl halides is 5. The zero-order valence-electron chi connectivity index (χ0n) is 9.22. The molecule has 0 aliphatic rings. The van der Waals surface area contributed by atoms with Gasteiger partial charge >= 0.3 is 5.51 Å². The summed E-state index contributed by atoms with van der Waals surface area (Å²) in [5, 5.41) is 0. The molecule has 0 unspecified atom stereocenters. The van der Waals surface area contributed by atoms with Gasteiger partial charge in [-0.25, -0.2) is 8.78 Å². The third-order valence-electron chi connectivity index (χ3n) is 2.03. The normalized spacial score (nSPS) is 11.9. The number of hydrogen-bond donors (Lipinski definition) is 0. The van der Waals surface area contributed by atoms with E-state index in [4.69, 9.17) is 0 Å². The number of thioether (sulfide) groups is 1. The molecule has 0 fully saturated rings. The largest absolute Gasteiger partial charge is 0.446 e. The van der Waals surface area contributed by atoms with Gasteiger partial charge in [0.05, 0.1) is 0 Å². The predicted molar refractivity (Wildman–Crippen MR) is 57.7 cm³/mol. The Hall–Kier alpha value is -1.11. The molecule has 18 heavy (non-hydrogen) atoms. The molecule has 0 radical (unpaired) electrons. The van der Waals surface area contributed by atoms with Crippen molar-refractivity contribution in [3.05, 3.63) is 29.3 Å². The van der Waals surface area contributed by atoms with Gasteiger partial charge in [0, 0.05) is 16.9 Å². The Labute approximate surface area is 104 Å². The summed E-state index contributed by atoms with van der Waals surface area (Å²) in [7, 11) is 0. The third kappa shape index (κ3) is 4.64. The van der Waals surface area contributed by atoms with Gasteiger partial charge < -0.3 is 0 Å². The molecule has 0 N–H and O–H groups in total. The Kier molecular flexibility index (Phi) is 4.72. The van der Waals surface area contributed by atoms with E-state index in [1.165, 1.54) is 6.92 Å². The zero-order chi connectivity index (χ0) is 13.9. The van der Waals surface area contributed by atoms with Gasteiger partial charge in [0.25, 0.3) is 6.43 Å². The number of benzene rings is 1. The van der Waals surface area contributed by atoms with E-state index >= 15 is 0 Å². The van der Waals surface area contributed by atoms with Gasteiger partial charge in [0.2, 0.25) is 0 Å². The van der Waals surface area contributed by atoms with Gasteiger partial charge in [-0.1, -0.05) is 6.07 Å². The van der Waals surface area contributed by atoms with E-state index in [0.717, 1.165) is 18.2 Å². The minimum absolute atomic E-state index is 0.0593. The average molecular weight is 284 g/mol. The second-order valence-electron chi connectivity index (χ2n) is 3.59. The lowest BCUT2D eigenvalue weighted by Crippen LogP contribution is -2.03. The fourth-order valence-corrected chi connectivity index (χ4v) is 1.99. The van der Waals surface area contributed by atoms with Crippen LogP contribution in [0.4, 0.5) is 22.0 Å². The lowest BCUT2D eigenvalue weighted by Gasteiger charge is -2.11. The fourth-order valence-electron chi connectivity index (χ4n) is 1.40. The Morgan fingerprint density at radius 3 is 2.39 bits per heavy atom. The van der Waals surface area contributed by atoms with Crippen molar-refractivity contribution in [2.45, 2.75) is 30.2 Å². The number of rotatable bonds is 4. The number of ketones is 1. The summed E-state index contributed by atoms with van der Waals surface area (Å²) in [4.78, 5) is 10.6. The minimum Gasteiger partial charge on any atom is -0.300 e. The maximum atomic E-state index is 12.7. The van der Waals surface area contributed by atoms with Crippen LogP contribution in [0.15, 0.2) is 23.1 Å². The first kappa shape index (κ1) is 14.9. The summed E-state index contributed by atoms with van der Waals surface area (Å²) in [5.74, 6) is -0.326. The number of carbonyl (C=O) groups is 1. The Bertz CT molecular complexity index is 442. The van der Waals surface area contributed by atoms with Crippen LogP contribution in [0.1, 0.15) is 24.5 Å². The lowest BCUT2D eigenvalue weighted by atomic mass is 10.0. The van der Waals surface area contributed by atoms with Crippen molar-refractivity contribution in [1.29, 1.82) is 0 Å². The van der Waals surface area contributed by atoms with Crippen LogP contribution in [0.25, 0.3) is 0 Å². The van der Waals surface area contributed by atoms with E-state index in [0.29, 0.717) is 0 Å². The van der Waals surface area contributed by atoms with Crippen molar-refractivity contribution in [3.8, 4) is 0 Å². The van der Waals surface area contributed by atoms with Crippen LogP contribution in [0.5, 0.6) is 0 Å². The van der Waals surface area contributed by atoms with E-state index < -0.39 is 29.3 Å². The van der Waals surface area contributed by atoms with Crippen molar-refractivity contribution in [3.63, 3.8) is 0 Å². The highest BCUT2D eigenvalue weighted by Gasteiger charge is 2.30. The summed E-state index contributed by atoms with van der Waals surface area (Å²) >= 11 is -0.458. The van der Waals surface area contributed by atoms with Crippen LogP contribution in [-0.4, -0.2) is 11.3 Å². The van der Waals surface area contributed by atoms with Crippen molar-refractivity contribution in [2.24, 2.45) is 0 Å². The van der Waals surface area contributed by atoms with Crippen LogP contribution in [0, 0.1) is 0 Å². The average Bonchev–Trinajstić information content (AvgIpc) is 2.17. The van der Waals surface area contributed by atoms with E-state index in [-0.39, 0.29) is 22.7 Å². The van der Waals surface area contributed by atoms with Crippen molar-refractivity contribution >= 4 is 17.5 Å². The second-order valence-corrected chi connectivity index (χ2v) is 4.73. The highest BCUT2D eigenvalue weighted by atomic mass is 32.2. The predicted octanol–water partition coefficient (Wildman–Crippen LogP) is 4.37. The highest BCUT2D eigenvalue weighted by Crippen LogP contribution is 2.38.